The molecule has 0 aliphatic rings. The third kappa shape index (κ3) is 8.75. The van der Waals surface area contributed by atoms with Crippen LogP contribution in [-0.4, -0.2) is 30.2 Å². The van der Waals surface area contributed by atoms with Gasteiger partial charge < -0.3 is 15.4 Å². The van der Waals surface area contributed by atoms with Gasteiger partial charge in [-0.3, -0.25) is 4.79 Å². The largest absolute Gasteiger partial charge is 0.444 e. The van der Waals surface area contributed by atoms with Gasteiger partial charge in [0.15, 0.2) is 0 Å². The minimum Gasteiger partial charge on any atom is -0.444 e. The topological polar surface area (TPSA) is 91.2 Å². The average Bonchev–Trinajstić information content (AvgIpc) is 2.54. The first kappa shape index (κ1) is 21.1. The van der Waals surface area contributed by atoms with Crippen molar-refractivity contribution >= 4 is 12.0 Å². The molecule has 0 radical (unpaired) electrons. The van der Waals surface area contributed by atoms with Gasteiger partial charge in [-0.05, 0) is 39.8 Å². The number of aryl methyl sites for hydroxylation is 1. The van der Waals surface area contributed by atoms with E-state index in [0.717, 1.165) is 11.1 Å². The van der Waals surface area contributed by atoms with Gasteiger partial charge in [-0.15, -0.1) is 0 Å². The lowest BCUT2D eigenvalue weighted by Crippen LogP contribution is -2.48. The van der Waals surface area contributed by atoms with Crippen molar-refractivity contribution in [1.29, 1.82) is 5.26 Å². The second kappa shape index (κ2) is 10.1. The Hall–Kier alpha value is -2.99. The molecule has 0 spiro atoms. The fourth-order valence-corrected chi connectivity index (χ4v) is 1.92. The molecule has 1 unspecified atom stereocenters. The first-order chi connectivity index (χ1) is 12.2. The predicted octanol–water partition coefficient (Wildman–Crippen LogP) is 2.66. The van der Waals surface area contributed by atoms with Crippen molar-refractivity contribution in [2.45, 2.75) is 52.2 Å². The molecule has 6 nitrogen and oxygen atoms in total. The third-order valence-electron chi connectivity index (χ3n) is 3.13. The summed E-state index contributed by atoms with van der Waals surface area (Å²) in [7, 11) is 0. The molecule has 0 aliphatic heterocycles. The zero-order valence-corrected chi connectivity index (χ0v) is 15.7. The third-order valence-corrected chi connectivity index (χ3v) is 3.13. The smallest absolute Gasteiger partial charge is 0.408 e. The normalized spacial score (nSPS) is 11.3. The van der Waals surface area contributed by atoms with Crippen molar-refractivity contribution in [3.8, 4) is 17.9 Å². The molecule has 138 valence electrons. The van der Waals surface area contributed by atoms with Gasteiger partial charge in [0.2, 0.25) is 5.91 Å². The van der Waals surface area contributed by atoms with Crippen LogP contribution in [0.4, 0.5) is 4.79 Å². The van der Waals surface area contributed by atoms with Crippen molar-refractivity contribution < 1.29 is 14.3 Å². The lowest BCUT2D eigenvalue weighted by atomic mass is 10.1. The Morgan fingerprint density at radius 1 is 1.23 bits per heavy atom. The van der Waals surface area contributed by atoms with Crippen molar-refractivity contribution in [1.82, 2.24) is 10.6 Å². The Morgan fingerprint density at radius 3 is 2.46 bits per heavy atom. The summed E-state index contributed by atoms with van der Waals surface area (Å²) in [5, 5.41) is 13.7. The molecule has 0 bridgehead atoms. The number of ether oxygens (including phenoxy) is 1. The highest BCUT2D eigenvalue weighted by Gasteiger charge is 2.23. The summed E-state index contributed by atoms with van der Waals surface area (Å²) in [5.41, 5.74) is 1.30. The standard InChI is InChI=1S/C20H25N3O3/c1-15-9-11-16(12-10-15)7-5-8-17(18(24)22-14-6-13-21)23-19(25)26-20(2,3)4/h9-12,17H,6,8,14H2,1-4H3,(H,22,24)(H,23,25). The number of nitriles is 1. The van der Waals surface area contributed by atoms with Gasteiger partial charge in [-0.2, -0.15) is 5.26 Å². The maximum absolute atomic E-state index is 12.2. The SMILES string of the molecule is Cc1ccc(C#CCC(NC(=O)OC(C)(C)C)C(=O)NCCC#N)cc1. The summed E-state index contributed by atoms with van der Waals surface area (Å²) >= 11 is 0. The van der Waals surface area contributed by atoms with Crippen LogP contribution in [0.15, 0.2) is 24.3 Å². The van der Waals surface area contributed by atoms with Crippen molar-refractivity contribution in [3.05, 3.63) is 35.4 Å². The van der Waals surface area contributed by atoms with E-state index in [2.05, 4.69) is 22.5 Å². The second-order valence-electron chi connectivity index (χ2n) is 6.77. The number of carbonyl (C=O) groups is 2. The molecule has 0 heterocycles. The number of rotatable bonds is 5. The number of amides is 2. The van der Waals surface area contributed by atoms with Crippen LogP contribution >= 0.6 is 0 Å². The van der Waals surface area contributed by atoms with Crippen LogP contribution in [-0.2, 0) is 9.53 Å². The zero-order chi connectivity index (χ0) is 19.6. The van der Waals surface area contributed by atoms with Crippen LogP contribution in [0.3, 0.4) is 0 Å². The molecule has 1 atom stereocenters. The van der Waals surface area contributed by atoms with Crippen LogP contribution in [0.1, 0.15) is 44.7 Å². The number of carbonyl (C=O) groups excluding carboxylic acids is 2. The van der Waals surface area contributed by atoms with Crippen LogP contribution in [0.25, 0.3) is 0 Å². The van der Waals surface area contributed by atoms with Crippen molar-refractivity contribution in [2.24, 2.45) is 0 Å². The number of hydrogen-bond donors (Lipinski definition) is 2. The van der Waals surface area contributed by atoms with Gasteiger partial charge >= 0.3 is 6.09 Å². The molecule has 0 saturated heterocycles. The molecule has 0 fully saturated rings. The van der Waals surface area contributed by atoms with Crippen LogP contribution in [0, 0.1) is 30.1 Å². The average molecular weight is 355 g/mol. The van der Waals surface area contributed by atoms with E-state index in [1.165, 1.54) is 0 Å². The van der Waals surface area contributed by atoms with Gasteiger partial charge in [0.05, 0.1) is 12.5 Å². The summed E-state index contributed by atoms with van der Waals surface area (Å²) < 4.78 is 5.19. The lowest BCUT2D eigenvalue weighted by molar-refractivity contribution is -0.123. The van der Waals surface area contributed by atoms with E-state index in [1.54, 1.807) is 20.8 Å². The van der Waals surface area contributed by atoms with Crippen LogP contribution < -0.4 is 10.6 Å². The van der Waals surface area contributed by atoms with Gasteiger partial charge in [-0.1, -0.05) is 29.5 Å². The summed E-state index contributed by atoms with van der Waals surface area (Å²) in [6.07, 6.45) is -0.360. The minimum atomic E-state index is -0.860. The molecule has 0 saturated carbocycles. The summed E-state index contributed by atoms with van der Waals surface area (Å²) in [4.78, 5) is 24.2. The molecule has 1 rings (SSSR count). The van der Waals surface area contributed by atoms with Gasteiger partial charge in [0.1, 0.15) is 11.6 Å². The Balaban J connectivity index is 2.76. The molecule has 6 heteroatoms. The molecule has 1 aromatic rings. The molecule has 2 N–H and O–H groups in total. The van der Waals surface area contributed by atoms with E-state index >= 15 is 0 Å². The highest BCUT2D eigenvalue weighted by molar-refractivity contribution is 5.86. The Labute approximate surface area is 154 Å². The van der Waals surface area contributed by atoms with E-state index in [-0.39, 0.29) is 19.4 Å². The molecular formula is C20H25N3O3. The monoisotopic (exact) mass is 355 g/mol. The Morgan fingerprint density at radius 2 is 1.88 bits per heavy atom. The lowest BCUT2D eigenvalue weighted by Gasteiger charge is -2.22. The fourth-order valence-electron chi connectivity index (χ4n) is 1.92. The number of benzene rings is 1. The predicted molar refractivity (Wildman–Crippen MR) is 99.1 cm³/mol. The quantitative estimate of drug-likeness (QED) is 0.627. The van der Waals surface area contributed by atoms with Crippen molar-refractivity contribution in [3.63, 3.8) is 0 Å². The summed E-state index contributed by atoms with van der Waals surface area (Å²) in [6, 6.07) is 8.78. The number of alkyl carbamates (subject to hydrolysis) is 1. The van der Waals surface area contributed by atoms with Crippen molar-refractivity contribution in [2.75, 3.05) is 6.54 Å². The van der Waals surface area contributed by atoms with Crippen LogP contribution in [0.2, 0.25) is 0 Å². The van der Waals surface area contributed by atoms with E-state index < -0.39 is 23.6 Å². The van der Waals surface area contributed by atoms with Gasteiger partial charge in [-0.25, -0.2) is 4.79 Å². The number of hydrogen-bond acceptors (Lipinski definition) is 4. The first-order valence-corrected chi connectivity index (χ1v) is 8.41. The molecule has 0 aliphatic carbocycles. The first-order valence-electron chi connectivity index (χ1n) is 8.41. The van der Waals surface area contributed by atoms with Crippen LogP contribution in [0.5, 0.6) is 0 Å². The minimum absolute atomic E-state index is 0.130. The fraction of sp³-hybridized carbons (Fsp3) is 0.450. The van der Waals surface area contributed by atoms with E-state index in [9.17, 15) is 9.59 Å². The molecule has 26 heavy (non-hydrogen) atoms. The highest BCUT2D eigenvalue weighted by atomic mass is 16.6. The maximum Gasteiger partial charge on any atom is 0.408 e. The Bertz CT molecular complexity index is 716. The molecule has 0 aromatic heterocycles. The molecule has 1 aromatic carbocycles. The van der Waals surface area contributed by atoms with E-state index in [4.69, 9.17) is 10.00 Å². The van der Waals surface area contributed by atoms with E-state index in [1.807, 2.05) is 37.3 Å². The highest BCUT2D eigenvalue weighted by Crippen LogP contribution is 2.07. The number of nitrogens with zero attached hydrogens (tertiary/aromatic N) is 1. The molecule has 2 amide bonds. The number of nitrogens with one attached hydrogen (secondary N) is 2. The van der Waals surface area contributed by atoms with Gasteiger partial charge in [0, 0.05) is 18.5 Å². The van der Waals surface area contributed by atoms with E-state index in [0.29, 0.717) is 0 Å². The molecular weight excluding hydrogens is 330 g/mol. The van der Waals surface area contributed by atoms with Gasteiger partial charge in [0.25, 0.3) is 0 Å². The Kier molecular flexibility index (Phi) is 8.18. The second-order valence-corrected chi connectivity index (χ2v) is 6.77. The zero-order valence-electron chi connectivity index (χ0n) is 15.7. The maximum atomic E-state index is 12.2. The summed E-state index contributed by atoms with van der Waals surface area (Å²) in [5.74, 6) is 5.49. The summed E-state index contributed by atoms with van der Waals surface area (Å²) in [6.45, 7) is 7.43.